The average Bonchev–Trinajstić information content (AvgIpc) is 3.07. The minimum absolute atomic E-state index is 0.0859. The van der Waals surface area contributed by atoms with E-state index in [0.29, 0.717) is 16.4 Å². The summed E-state index contributed by atoms with van der Waals surface area (Å²) in [7, 11) is 0. The molecule has 1 amide bonds. The van der Waals surface area contributed by atoms with Gasteiger partial charge in [-0.1, -0.05) is 11.6 Å². The SMILES string of the molecule is O=C(Cn1ncc2c(N3CCCCC3)ncnc21)Nc1ccc(Cl)cc1. The number of piperidine rings is 1. The highest BCUT2D eigenvalue weighted by Crippen LogP contribution is 2.25. The number of amides is 1. The molecule has 0 spiro atoms. The van der Waals surface area contributed by atoms with Gasteiger partial charge in [0.1, 0.15) is 18.7 Å². The van der Waals surface area contributed by atoms with Crippen molar-refractivity contribution in [3.05, 3.63) is 41.8 Å². The van der Waals surface area contributed by atoms with Gasteiger partial charge >= 0.3 is 0 Å². The number of rotatable bonds is 4. The van der Waals surface area contributed by atoms with Crippen LogP contribution in [0.2, 0.25) is 5.02 Å². The highest BCUT2D eigenvalue weighted by atomic mass is 35.5. The molecular weight excluding hydrogens is 352 g/mol. The van der Waals surface area contributed by atoms with E-state index in [2.05, 4.69) is 25.3 Å². The first-order chi connectivity index (χ1) is 12.7. The molecule has 7 nitrogen and oxygen atoms in total. The van der Waals surface area contributed by atoms with Gasteiger partial charge in [0.15, 0.2) is 5.65 Å². The Balaban J connectivity index is 1.53. The zero-order chi connectivity index (χ0) is 17.9. The quantitative estimate of drug-likeness (QED) is 0.763. The number of nitrogens with zero attached hydrogens (tertiary/aromatic N) is 5. The van der Waals surface area contributed by atoms with Crippen LogP contribution >= 0.6 is 11.6 Å². The van der Waals surface area contributed by atoms with Gasteiger partial charge in [0.2, 0.25) is 5.91 Å². The third kappa shape index (κ3) is 3.48. The molecule has 3 heterocycles. The fourth-order valence-electron chi connectivity index (χ4n) is 3.22. The van der Waals surface area contributed by atoms with E-state index in [1.165, 1.54) is 19.3 Å². The van der Waals surface area contributed by atoms with E-state index in [1.54, 1.807) is 41.5 Å². The number of anilines is 2. The summed E-state index contributed by atoms with van der Waals surface area (Å²) in [5.74, 6) is 0.731. The van der Waals surface area contributed by atoms with Gasteiger partial charge in [0, 0.05) is 23.8 Å². The standard InChI is InChI=1S/C18H19ClN6O/c19-13-4-6-14(7-5-13)23-16(26)11-25-18-15(10-22-25)17(20-12-21-18)24-8-2-1-3-9-24/h4-7,10,12H,1-3,8-9,11H2,(H,23,26). The maximum Gasteiger partial charge on any atom is 0.246 e. The van der Waals surface area contributed by atoms with Crippen LogP contribution in [-0.4, -0.2) is 38.7 Å². The Morgan fingerprint density at radius 2 is 1.88 bits per heavy atom. The fraction of sp³-hybridized carbons (Fsp3) is 0.333. The van der Waals surface area contributed by atoms with E-state index < -0.39 is 0 Å². The first kappa shape index (κ1) is 16.8. The molecule has 0 radical (unpaired) electrons. The van der Waals surface area contributed by atoms with Gasteiger partial charge in [-0.15, -0.1) is 0 Å². The van der Waals surface area contributed by atoms with E-state index in [4.69, 9.17) is 11.6 Å². The zero-order valence-electron chi connectivity index (χ0n) is 14.2. The molecule has 0 unspecified atom stereocenters. The molecule has 4 rings (SSSR count). The van der Waals surface area contributed by atoms with Gasteiger partial charge in [-0.3, -0.25) is 4.79 Å². The predicted octanol–water partition coefficient (Wildman–Crippen LogP) is 3.11. The maximum absolute atomic E-state index is 12.3. The van der Waals surface area contributed by atoms with E-state index >= 15 is 0 Å². The summed E-state index contributed by atoms with van der Waals surface area (Å²) in [6, 6.07) is 6.99. The summed E-state index contributed by atoms with van der Waals surface area (Å²) in [6.45, 7) is 2.07. The molecule has 134 valence electrons. The number of aromatic nitrogens is 4. The van der Waals surface area contributed by atoms with Crippen molar-refractivity contribution in [3.63, 3.8) is 0 Å². The van der Waals surface area contributed by atoms with Crippen LogP contribution in [0.1, 0.15) is 19.3 Å². The zero-order valence-corrected chi connectivity index (χ0v) is 15.0. The first-order valence-corrected chi connectivity index (χ1v) is 9.05. The molecule has 1 aromatic carbocycles. The van der Waals surface area contributed by atoms with Crippen molar-refractivity contribution in [1.82, 2.24) is 19.7 Å². The van der Waals surface area contributed by atoms with E-state index in [-0.39, 0.29) is 12.5 Å². The van der Waals surface area contributed by atoms with Gasteiger partial charge in [-0.05, 0) is 43.5 Å². The molecule has 8 heteroatoms. The van der Waals surface area contributed by atoms with Gasteiger partial charge < -0.3 is 10.2 Å². The number of nitrogens with one attached hydrogen (secondary N) is 1. The van der Waals surface area contributed by atoms with E-state index in [9.17, 15) is 4.79 Å². The molecule has 0 saturated carbocycles. The maximum atomic E-state index is 12.3. The van der Waals surface area contributed by atoms with E-state index in [1.807, 2.05) is 0 Å². The molecule has 2 aromatic heterocycles. The number of hydrogen-bond acceptors (Lipinski definition) is 5. The Labute approximate surface area is 156 Å². The minimum atomic E-state index is -0.171. The van der Waals surface area contributed by atoms with Crippen molar-refractivity contribution < 1.29 is 4.79 Å². The minimum Gasteiger partial charge on any atom is -0.356 e. The molecule has 0 bridgehead atoms. The highest BCUT2D eigenvalue weighted by Gasteiger charge is 2.18. The first-order valence-electron chi connectivity index (χ1n) is 8.67. The molecule has 1 aliphatic rings. The number of fused-ring (bicyclic) bond motifs is 1. The van der Waals surface area contributed by atoms with Crippen LogP contribution in [0.3, 0.4) is 0 Å². The third-order valence-corrected chi connectivity index (χ3v) is 4.74. The lowest BCUT2D eigenvalue weighted by molar-refractivity contribution is -0.116. The van der Waals surface area contributed by atoms with Crippen molar-refractivity contribution >= 4 is 40.0 Å². The number of hydrogen-bond donors (Lipinski definition) is 1. The lowest BCUT2D eigenvalue weighted by Gasteiger charge is -2.27. The van der Waals surface area contributed by atoms with Crippen molar-refractivity contribution in [1.29, 1.82) is 0 Å². The Morgan fingerprint density at radius 3 is 2.65 bits per heavy atom. The fourth-order valence-corrected chi connectivity index (χ4v) is 3.35. The van der Waals surface area contributed by atoms with Crippen molar-refractivity contribution in [2.75, 3.05) is 23.3 Å². The topological polar surface area (TPSA) is 75.9 Å². The summed E-state index contributed by atoms with van der Waals surface area (Å²) < 4.78 is 1.61. The van der Waals surface area contributed by atoms with Gasteiger partial charge in [-0.25, -0.2) is 14.6 Å². The summed E-state index contributed by atoms with van der Waals surface area (Å²) in [5, 5.41) is 8.70. The normalized spacial score (nSPS) is 14.6. The van der Waals surface area contributed by atoms with Crippen LogP contribution < -0.4 is 10.2 Å². The number of carbonyl (C=O) groups excluding carboxylic acids is 1. The molecule has 1 N–H and O–H groups in total. The van der Waals surface area contributed by atoms with Gasteiger partial charge in [-0.2, -0.15) is 5.10 Å². The van der Waals surface area contributed by atoms with Crippen LogP contribution in [-0.2, 0) is 11.3 Å². The van der Waals surface area contributed by atoms with Gasteiger partial charge in [0.05, 0.1) is 11.6 Å². The van der Waals surface area contributed by atoms with Crippen molar-refractivity contribution in [2.45, 2.75) is 25.8 Å². The highest BCUT2D eigenvalue weighted by molar-refractivity contribution is 6.30. The molecule has 26 heavy (non-hydrogen) atoms. The second-order valence-electron chi connectivity index (χ2n) is 6.34. The molecule has 3 aromatic rings. The van der Waals surface area contributed by atoms with Crippen molar-refractivity contribution in [2.24, 2.45) is 0 Å². The number of carbonyl (C=O) groups is 1. The van der Waals surface area contributed by atoms with Crippen LogP contribution in [0.4, 0.5) is 11.5 Å². The molecule has 0 aliphatic carbocycles. The monoisotopic (exact) mass is 370 g/mol. The summed E-state index contributed by atoms with van der Waals surface area (Å²) in [4.78, 5) is 23.4. The van der Waals surface area contributed by atoms with Gasteiger partial charge in [0.25, 0.3) is 0 Å². The molecule has 1 aliphatic heterocycles. The largest absolute Gasteiger partial charge is 0.356 e. The number of halogens is 1. The Hall–Kier alpha value is -2.67. The Morgan fingerprint density at radius 1 is 1.12 bits per heavy atom. The van der Waals surface area contributed by atoms with Crippen LogP contribution in [0.25, 0.3) is 11.0 Å². The average molecular weight is 371 g/mol. The second-order valence-corrected chi connectivity index (χ2v) is 6.78. The smallest absolute Gasteiger partial charge is 0.246 e. The summed E-state index contributed by atoms with van der Waals surface area (Å²) in [6.07, 6.45) is 6.89. The van der Waals surface area contributed by atoms with Crippen LogP contribution in [0.5, 0.6) is 0 Å². The summed E-state index contributed by atoms with van der Waals surface area (Å²) >= 11 is 5.86. The van der Waals surface area contributed by atoms with Crippen LogP contribution in [0, 0.1) is 0 Å². The van der Waals surface area contributed by atoms with Crippen LogP contribution in [0.15, 0.2) is 36.8 Å². The molecule has 1 fully saturated rings. The van der Waals surface area contributed by atoms with Crippen molar-refractivity contribution in [3.8, 4) is 0 Å². The molecular formula is C18H19ClN6O. The molecule has 1 saturated heterocycles. The summed E-state index contributed by atoms with van der Waals surface area (Å²) in [5.41, 5.74) is 1.37. The van der Waals surface area contributed by atoms with E-state index in [0.717, 1.165) is 24.3 Å². The predicted molar refractivity (Wildman–Crippen MR) is 101 cm³/mol. The second kappa shape index (κ2) is 7.29. The molecule has 0 atom stereocenters. The third-order valence-electron chi connectivity index (χ3n) is 4.49. The lowest BCUT2D eigenvalue weighted by atomic mass is 10.1. The Kier molecular flexibility index (Phi) is 4.71. The Bertz CT molecular complexity index is 917. The number of benzene rings is 1. The lowest BCUT2D eigenvalue weighted by Crippen LogP contribution is -2.30.